The van der Waals surface area contributed by atoms with Gasteiger partial charge in [0.25, 0.3) is 0 Å². The van der Waals surface area contributed by atoms with Crippen molar-refractivity contribution in [2.75, 3.05) is 23.4 Å². The van der Waals surface area contributed by atoms with Gasteiger partial charge in [-0.2, -0.15) is 0 Å². The van der Waals surface area contributed by atoms with Gasteiger partial charge in [-0.05, 0) is 49.1 Å². The minimum atomic E-state index is -0.358. The molecule has 0 radical (unpaired) electrons. The van der Waals surface area contributed by atoms with Crippen LogP contribution in [0.15, 0.2) is 24.4 Å². The van der Waals surface area contributed by atoms with Gasteiger partial charge in [-0.1, -0.05) is 11.3 Å². The number of hydrogen-bond donors (Lipinski definition) is 1. The van der Waals surface area contributed by atoms with Crippen LogP contribution in [0.2, 0.25) is 0 Å². The number of carbonyl (C=O) groups excluding carboxylic acids is 1. The molecule has 3 heterocycles. The number of rotatable bonds is 3. The first-order valence-corrected chi connectivity index (χ1v) is 9.73. The topological polar surface area (TPSA) is 80.2 Å². The molecule has 28 heavy (non-hydrogen) atoms. The van der Waals surface area contributed by atoms with Crippen LogP contribution in [0.25, 0.3) is 10.6 Å². The minimum absolute atomic E-state index is 0.251. The molecule has 1 aliphatic heterocycles. The Morgan fingerprint density at radius 1 is 1.29 bits per heavy atom. The van der Waals surface area contributed by atoms with Crippen LogP contribution >= 0.6 is 11.3 Å². The first-order chi connectivity index (χ1) is 13.6. The highest BCUT2D eigenvalue weighted by Crippen LogP contribution is 2.40. The number of hydrogen-bond acceptors (Lipinski definition) is 7. The predicted molar refractivity (Wildman–Crippen MR) is 104 cm³/mol. The molecule has 1 aliphatic carbocycles. The summed E-state index contributed by atoms with van der Waals surface area (Å²) in [5.74, 6) is 0.187. The van der Waals surface area contributed by atoms with Gasteiger partial charge in [0.1, 0.15) is 12.4 Å². The van der Waals surface area contributed by atoms with Crippen LogP contribution in [0.5, 0.6) is 0 Å². The molecule has 1 fully saturated rings. The van der Waals surface area contributed by atoms with Crippen molar-refractivity contribution in [2.45, 2.75) is 19.8 Å². The number of aryl methyl sites for hydroxylation is 3. The van der Waals surface area contributed by atoms with Crippen molar-refractivity contribution in [3.63, 3.8) is 0 Å². The van der Waals surface area contributed by atoms with Gasteiger partial charge < -0.3 is 10.1 Å². The first kappa shape index (κ1) is 17.1. The third-order valence-corrected chi connectivity index (χ3v) is 5.93. The van der Waals surface area contributed by atoms with Crippen molar-refractivity contribution >= 4 is 34.2 Å². The van der Waals surface area contributed by atoms with Gasteiger partial charge in [0.15, 0.2) is 5.13 Å². The maximum Gasteiger partial charge on any atom is 0.416 e. The molecule has 1 N–H and O–H groups in total. The van der Waals surface area contributed by atoms with E-state index in [1.54, 1.807) is 24.0 Å². The summed E-state index contributed by atoms with van der Waals surface area (Å²) < 4.78 is 18.5. The van der Waals surface area contributed by atoms with E-state index in [9.17, 15) is 9.18 Å². The molecule has 5 rings (SSSR count). The van der Waals surface area contributed by atoms with Gasteiger partial charge in [-0.3, -0.25) is 0 Å². The molecule has 0 unspecified atom stereocenters. The summed E-state index contributed by atoms with van der Waals surface area (Å²) in [5.41, 5.74) is 4.09. The largest absolute Gasteiger partial charge is 0.447 e. The molecule has 2 aliphatic rings. The summed E-state index contributed by atoms with van der Waals surface area (Å²) in [6, 6.07) is 4.78. The number of nitrogens with zero attached hydrogens (tertiary/aromatic N) is 4. The fraction of sp³-hybridized carbons (Fsp3) is 0.263. The lowest BCUT2D eigenvalue weighted by atomic mass is 10.00. The van der Waals surface area contributed by atoms with Gasteiger partial charge in [-0.15, -0.1) is 0 Å². The zero-order valence-corrected chi connectivity index (χ0v) is 15.8. The molecule has 1 amide bonds. The summed E-state index contributed by atoms with van der Waals surface area (Å²) in [6.07, 6.45) is 3.04. The number of cyclic esters (lactones) is 1. The van der Waals surface area contributed by atoms with Crippen molar-refractivity contribution in [2.24, 2.45) is 0 Å². The van der Waals surface area contributed by atoms with E-state index in [1.807, 2.05) is 6.20 Å². The van der Waals surface area contributed by atoms with Crippen LogP contribution in [0.3, 0.4) is 0 Å². The highest BCUT2D eigenvalue weighted by Gasteiger charge is 2.30. The molecule has 2 aromatic heterocycles. The summed E-state index contributed by atoms with van der Waals surface area (Å²) in [6.45, 7) is 2.61. The van der Waals surface area contributed by atoms with E-state index in [1.165, 1.54) is 17.4 Å². The number of halogens is 1. The molecule has 9 heteroatoms. The second kappa shape index (κ2) is 6.52. The first-order valence-electron chi connectivity index (χ1n) is 8.92. The molecule has 1 saturated heterocycles. The Balaban J connectivity index is 1.49. The van der Waals surface area contributed by atoms with Crippen molar-refractivity contribution in [3.05, 3.63) is 47.0 Å². The Morgan fingerprint density at radius 2 is 2.18 bits per heavy atom. The van der Waals surface area contributed by atoms with Crippen LogP contribution in [0.1, 0.15) is 16.8 Å². The molecular formula is C19H16FN5O2S. The quantitative estimate of drug-likeness (QED) is 0.723. The number of thiazole rings is 1. The molecule has 7 nitrogen and oxygen atoms in total. The summed E-state index contributed by atoms with van der Waals surface area (Å²) in [5, 5.41) is 3.77. The maximum atomic E-state index is 13.5. The Hall–Kier alpha value is -3.07. The zero-order chi connectivity index (χ0) is 19.3. The lowest BCUT2D eigenvalue weighted by Gasteiger charge is -2.15. The lowest BCUT2D eigenvalue weighted by molar-refractivity contribution is 0.181. The van der Waals surface area contributed by atoms with Crippen molar-refractivity contribution in [3.8, 4) is 10.6 Å². The number of anilines is 3. The van der Waals surface area contributed by atoms with Crippen LogP contribution in [-0.4, -0.2) is 34.2 Å². The third kappa shape index (κ3) is 2.88. The molecule has 1 aromatic carbocycles. The smallest absolute Gasteiger partial charge is 0.416 e. The number of amides is 1. The molecule has 3 aromatic rings. The Bertz CT molecular complexity index is 1100. The molecular weight excluding hydrogens is 381 g/mol. The van der Waals surface area contributed by atoms with E-state index in [4.69, 9.17) is 4.74 Å². The highest BCUT2D eigenvalue weighted by molar-refractivity contribution is 7.19. The second-order valence-electron chi connectivity index (χ2n) is 6.69. The van der Waals surface area contributed by atoms with Gasteiger partial charge in [0, 0.05) is 11.9 Å². The molecule has 0 bridgehead atoms. The van der Waals surface area contributed by atoms with Gasteiger partial charge >= 0.3 is 6.09 Å². The van der Waals surface area contributed by atoms with E-state index in [0.29, 0.717) is 29.8 Å². The number of nitrogens with one attached hydrogen (secondary N) is 1. The normalized spacial score (nSPS) is 15.2. The molecule has 0 saturated carbocycles. The zero-order valence-electron chi connectivity index (χ0n) is 15.0. The van der Waals surface area contributed by atoms with Gasteiger partial charge in [0.05, 0.1) is 22.8 Å². The monoisotopic (exact) mass is 397 g/mol. The van der Waals surface area contributed by atoms with Crippen molar-refractivity contribution in [1.82, 2.24) is 15.0 Å². The SMILES string of the molecule is Cc1cc(Nc2ncc3c(n2)-c2sc(N4CCOC4=O)nc2CC3)ccc1F. The standard InChI is InChI=1S/C19H16FN5O2S/c1-10-8-12(3-4-13(10)20)22-17-21-9-11-2-5-14-16(15(11)24-17)28-18(23-14)25-6-7-27-19(25)26/h3-4,8-9H,2,5-7H2,1H3,(H,21,22,24). The van der Waals surface area contributed by atoms with Crippen LogP contribution in [0, 0.1) is 12.7 Å². The Labute approximate surface area is 164 Å². The Morgan fingerprint density at radius 3 is 2.96 bits per heavy atom. The highest BCUT2D eigenvalue weighted by atomic mass is 32.1. The van der Waals surface area contributed by atoms with Gasteiger partial charge in [0.2, 0.25) is 5.95 Å². The van der Waals surface area contributed by atoms with Crippen LogP contribution in [0.4, 0.5) is 26.0 Å². The number of ether oxygens (including phenoxy) is 1. The fourth-order valence-corrected chi connectivity index (χ4v) is 4.48. The summed E-state index contributed by atoms with van der Waals surface area (Å²) in [4.78, 5) is 28.1. The van der Waals surface area contributed by atoms with E-state index < -0.39 is 0 Å². The summed E-state index contributed by atoms with van der Waals surface area (Å²) in [7, 11) is 0. The molecule has 142 valence electrons. The van der Waals surface area contributed by atoms with E-state index >= 15 is 0 Å². The third-order valence-electron chi connectivity index (χ3n) is 4.80. The molecule has 0 spiro atoms. The predicted octanol–water partition coefficient (Wildman–Crippen LogP) is 3.85. The number of carbonyl (C=O) groups is 1. The van der Waals surface area contributed by atoms with E-state index in [0.717, 1.165) is 40.4 Å². The minimum Gasteiger partial charge on any atom is -0.447 e. The number of benzene rings is 1. The van der Waals surface area contributed by atoms with Crippen LogP contribution in [-0.2, 0) is 17.6 Å². The maximum absolute atomic E-state index is 13.5. The van der Waals surface area contributed by atoms with Crippen LogP contribution < -0.4 is 10.2 Å². The second-order valence-corrected chi connectivity index (χ2v) is 7.67. The van der Waals surface area contributed by atoms with Gasteiger partial charge in [-0.25, -0.2) is 29.0 Å². The van der Waals surface area contributed by atoms with E-state index in [2.05, 4.69) is 20.3 Å². The molecule has 0 atom stereocenters. The lowest BCUT2D eigenvalue weighted by Crippen LogP contribution is -2.23. The fourth-order valence-electron chi connectivity index (χ4n) is 3.33. The van der Waals surface area contributed by atoms with Crippen molar-refractivity contribution in [1.29, 1.82) is 0 Å². The number of aromatic nitrogens is 3. The average molecular weight is 397 g/mol. The van der Waals surface area contributed by atoms with Crippen molar-refractivity contribution < 1.29 is 13.9 Å². The van der Waals surface area contributed by atoms with E-state index in [-0.39, 0.29) is 11.9 Å². The summed E-state index contributed by atoms with van der Waals surface area (Å²) >= 11 is 1.44. The number of fused-ring (bicyclic) bond motifs is 3. The average Bonchev–Trinajstić information content (AvgIpc) is 3.30. The Kier molecular flexibility index (Phi) is 3.97.